The van der Waals surface area contributed by atoms with Crippen molar-refractivity contribution < 1.29 is 27.2 Å². The Morgan fingerprint density at radius 2 is 2.15 bits per heavy atom. The highest BCUT2D eigenvalue weighted by Crippen LogP contribution is 2.33. The molecule has 6 nitrogen and oxygen atoms in total. The summed E-state index contributed by atoms with van der Waals surface area (Å²) in [5, 5.41) is 6.93. The zero-order chi connectivity index (χ0) is 18.9. The Bertz CT molecular complexity index is 852. The van der Waals surface area contributed by atoms with Crippen LogP contribution in [0.2, 0.25) is 0 Å². The molecule has 0 bridgehead atoms. The monoisotopic (exact) mass is 388 g/mol. The fraction of sp³-hybridized carbons (Fsp3) is 0.267. The number of carbonyl (C=O) groups excluding carboxylic acids is 2. The van der Waals surface area contributed by atoms with Crippen LogP contribution in [0.5, 0.6) is 0 Å². The van der Waals surface area contributed by atoms with E-state index in [-0.39, 0.29) is 18.1 Å². The zero-order valence-electron chi connectivity index (χ0n) is 13.1. The predicted octanol–water partition coefficient (Wildman–Crippen LogP) is 3.01. The van der Waals surface area contributed by atoms with Crippen molar-refractivity contribution >= 4 is 34.1 Å². The van der Waals surface area contributed by atoms with Gasteiger partial charge in [0.2, 0.25) is 5.91 Å². The van der Waals surface area contributed by atoms with Gasteiger partial charge in [0.1, 0.15) is 5.82 Å². The number of alkyl halides is 3. The Hall–Kier alpha value is -2.69. The third kappa shape index (κ3) is 3.93. The van der Waals surface area contributed by atoms with Crippen LogP contribution in [0.3, 0.4) is 0 Å². The molecule has 0 saturated carbocycles. The van der Waals surface area contributed by atoms with Crippen molar-refractivity contribution in [1.29, 1.82) is 0 Å². The lowest BCUT2D eigenvalue weighted by Gasteiger charge is -2.11. The summed E-state index contributed by atoms with van der Waals surface area (Å²) in [7, 11) is 0. The normalized spacial score (nSPS) is 14.5. The molecule has 1 aromatic carbocycles. The summed E-state index contributed by atoms with van der Waals surface area (Å²) in [5.74, 6) is -2.02. The molecular weight excluding hydrogens is 376 g/mol. The standard InChI is InChI=1S/C15H12F4N4O2S/c16-11-2-1-8(5-10(11)15(17,18)19)21-12(24)6-9-7-26-14(22-9)23-4-3-20-13(23)25/h1-2,5,7H,3-4,6H2,(H,20,25)(H,21,24). The molecule has 2 aromatic rings. The highest BCUT2D eigenvalue weighted by atomic mass is 32.1. The van der Waals surface area contributed by atoms with Gasteiger partial charge in [-0.05, 0) is 18.2 Å². The van der Waals surface area contributed by atoms with Gasteiger partial charge >= 0.3 is 12.2 Å². The number of amides is 3. The molecule has 26 heavy (non-hydrogen) atoms. The molecule has 3 rings (SSSR count). The van der Waals surface area contributed by atoms with Gasteiger partial charge in [0.25, 0.3) is 0 Å². The van der Waals surface area contributed by atoms with Crippen molar-refractivity contribution in [3.8, 4) is 0 Å². The van der Waals surface area contributed by atoms with E-state index in [2.05, 4.69) is 15.6 Å². The summed E-state index contributed by atoms with van der Waals surface area (Å²) < 4.78 is 51.3. The molecule has 0 unspecified atom stereocenters. The SMILES string of the molecule is O=C(Cc1csc(N2CCNC2=O)n1)Nc1ccc(F)c(C(F)(F)F)c1. The van der Waals surface area contributed by atoms with E-state index >= 15 is 0 Å². The summed E-state index contributed by atoms with van der Waals surface area (Å²) in [6.07, 6.45) is -5.05. The van der Waals surface area contributed by atoms with Gasteiger partial charge in [0.15, 0.2) is 5.13 Å². The molecule has 3 amide bonds. The molecule has 138 valence electrons. The second-order valence-electron chi connectivity index (χ2n) is 5.42. The van der Waals surface area contributed by atoms with Crippen LogP contribution < -0.4 is 15.5 Å². The Morgan fingerprint density at radius 3 is 2.81 bits per heavy atom. The maximum Gasteiger partial charge on any atom is 0.419 e. The highest BCUT2D eigenvalue weighted by Gasteiger charge is 2.34. The molecule has 1 aliphatic heterocycles. The molecule has 1 aromatic heterocycles. The summed E-state index contributed by atoms with van der Waals surface area (Å²) in [5.41, 5.74) is -1.25. The molecule has 1 saturated heterocycles. The van der Waals surface area contributed by atoms with E-state index in [9.17, 15) is 27.2 Å². The number of nitrogens with one attached hydrogen (secondary N) is 2. The number of rotatable bonds is 4. The van der Waals surface area contributed by atoms with E-state index in [0.717, 1.165) is 6.07 Å². The first-order valence-electron chi connectivity index (χ1n) is 7.40. The van der Waals surface area contributed by atoms with E-state index in [1.807, 2.05) is 0 Å². The highest BCUT2D eigenvalue weighted by molar-refractivity contribution is 7.14. The average molecular weight is 388 g/mol. The quantitative estimate of drug-likeness (QED) is 0.791. The molecule has 2 N–H and O–H groups in total. The molecule has 1 aliphatic rings. The van der Waals surface area contributed by atoms with Crippen molar-refractivity contribution in [1.82, 2.24) is 10.3 Å². The van der Waals surface area contributed by atoms with E-state index < -0.39 is 23.5 Å². The van der Waals surface area contributed by atoms with E-state index in [4.69, 9.17) is 0 Å². The Balaban J connectivity index is 1.66. The topological polar surface area (TPSA) is 74.3 Å². The minimum absolute atomic E-state index is 0.168. The number of aromatic nitrogens is 1. The Morgan fingerprint density at radius 1 is 1.38 bits per heavy atom. The maximum atomic E-state index is 13.3. The number of benzene rings is 1. The van der Waals surface area contributed by atoms with E-state index in [0.29, 0.717) is 36.0 Å². The number of nitrogens with zero attached hydrogens (tertiary/aromatic N) is 2. The Kier molecular flexibility index (Phi) is 4.81. The predicted molar refractivity (Wildman–Crippen MR) is 86.6 cm³/mol. The summed E-state index contributed by atoms with van der Waals surface area (Å²) in [6.45, 7) is 0.966. The lowest BCUT2D eigenvalue weighted by Crippen LogP contribution is -2.27. The van der Waals surface area contributed by atoms with E-state index in [1.165, 1.54) is 16.2 Å². The number of halogens is 4. The second kappa shape index (κ2) is 6.90. The molecular formula is C15H12F4N4O2S. The maximum absolute atomic E-state index is 13.3. The van der Waals surface area contributed by atoms with Crippen LogP contribution in [-0.4, -0.2) is 30.0 Å². The van der Waals surface area contributed by atoms with Crippen molar-refractivity contribution in [2.24, 2.45) is 0 Å². The molecule has 0 radical (unpaired) electrons. The fourth-order valence-electron chi connectivity index (χ4n) is 2.35. The van der Waals surface area contributed by atoms with Crippen LogP contribution in [0.15, 0.2) is 23.6 Å². The van der Waals surface area contributed by atoms with Crippen LogP contribution in [0.4, 0.5) is 33.2 Å². The van der Waals surface area contributed by atoms with Crippen molar-refractivity contribution in [2.45, 2.75) is 12.6 Å². The third-order valence-electron chi connectivity index (χ3n) is 3.52. The average Bonchev–Trinajstić information content (AvgIpc) is 3.16. The zero-order valence-corrected chi connectivity index (χ0v) is 13.9. The smallest absolute Gasteiger partial charge is 0.336 e. The fourth-order valence-corrected chi connectivity index (χ4v) is 3.19. The second-order valence-corrected chi connectivity index (χ2v) is 6.26. The van der Waals surface area contributed by atoms with Gasteiger partial charge in [0.05, 0.1) is 17.7 Å². The first kappa shape index (κ1) is 18.1. The first-order valence-corrected chi connectivity index (χ1v) is 8.28. The van der Waals surface area contributed by atoms with Crippen LogP contribution in [0, 0.1) is 5.82 Å². The molecule has 0 spiro atoms. The van der Waals surface area contributed by atoms with Gasteiger partial charge in [-0.3, -0.25) is 9.69 Å². The first-order chi connectivity index (χ1) is 12.2. The number of urea groups is 1. The summed E-state index contributed by atoms with van der Waals surface area (Å²) >= 11 is 1.18. The largest absolute Gasteiger partial charge is 0.419 e. The number of thiazole rings is 1. The van der Waals surface area contributed by atoms with Gasteiger partial charge in [-0.1, -0.05) is 0 Å². The number of hydrogen-bond donors (Lipinski definition) is 2. The van der Waals surface area contributed by atoms with Crippen molar-refractivity contribution in [2.75, 3.05) is 23.3 Å². The van der Waals surface area contributed by atoms with Crippen LogP contribution in [0.25, 0.3) is 0 Å². The minimum Gasteiger partial charge on any atom is -0.336 e. The minimum atomic E-state index is -4.86. The Labute approximate surface area is 148 Å². The van der Waals surface area contributed by atoms with Crippen LogP contribution >= 0.6 is 11.3 Å². The molecule has 11 heteroatoms. The summed E-state index contributed by atoms with van der Waals surface area (Å²) in [4.78, 5) is 29.2. The van der Waals surface area contributed by atoms with Gasteiger partial charge in [-0.25, -0.2) is 14.2 Å². The van der Waals surface area contributed by atoms with E-state index in [1.54, 1.807) is 5.38 Å². The molecule has 2 heterocycles. The molecule has 0 aliphatic carbocycles. The van der Waals surface area contributed by atoms with Gasteiger partial charge in [-0.2, -0.15) is 13.2 Å². The van der Waals surface area contributed by atoms with Crippen molar-refractivity contribution in [3.05, 3.63) is 40.7 Å². The molecule has 0 atom stereocenters. The van der Waals surface area contributed by atoms with Crippen LogP contribution in [-0.2, 0) is 17.4 Å². The third-order valence-corrected chi connectivity index (χ3v) is 4.44. The van der Waals surface area contributed by atoms with Crippen LogP contribution in [0.1, 0.15) is 11.3 Å². The lowest BCUT2D eigenvalue weighted by molar-refractivity contribution is -0.140. The molecule has 1 fully saturated rings. The van der Waals surface area contributed by atoms with Gasteiger partial charge < -0.3 is 10.6 Å². The lowest BCUT2D eigenvalue weighted by atomic mass is 10.1. The number of hydrogen-bond acceptors (Lipinski definition) is 4. The number of carbonyl (C=O) groups is 2. The summed E-state index contributed by atoms with van der Waals surface area (Å²) in [6, 6.07) is 1.95. The van der Waals surface area contributed by atoms with Gasteiger partial charge in [-0.15, -0.1) is 11.3 Å². The van der Waals surface area contributed by atoms with Gasteiger partial charge in [0, 0.05) is 24.2 Å². The number of anilines is 2. The van der Waals surface area contributed by atoms with Crippen molar-refractivity contribution in [3.63, 3.8) is 0 Å².